The minimum Gasteiger partial charge on any atom is -0.388 e. The summed E-state index contributed by atoms with van der Waals surface area (Å²) in [6.45, 7) is 1.84. The van der Waals surface area contributed by atoms with Gasteiger partial charge in [-0.1, -0.05) is 28.1 Å². The van der Waals surface area contributed by atoms with Crippen molar-refractivity contribution in [2.75, 3.05) is 0 Å². The minimum atomic E-state index is -0.967. The summed E-state index contributed by atoms with van der Waals surface area (Å²) < 4.78 is 28.7. The van der Waals surface area contributed by atoms with Crippen LogP contribution in [-0.4, -0.2) is 5.11 Å². The lowest BCUT2D eigenvalue weighted by molar-refractivity contribution is 0.175. The van der Waals surface area contributed by atoms with Gasteiger partial charge in [0.1, 0.15) is 11.6 Å². The number of aliphatic hydroxyl groups excluding tert-OH is 1. The Kier molecular flexibility index (Phi) is 4.94. The molecule has 0 amide bonds. The Morgan fingerprint density at radius 1 is 1.10 bits per heavy atom. The molecule has 0 bridgehead atoms. The Bertz CT molecular complexity index is 644. The Balaban J connectivity index is 2.35. The summed E-state index contributed by atoms with van der Waals surface area (Å²) in [6, 6.07) is 7.88. The molecule has 0 radical (unpaired) electrons. The minimum absolute atomic E-state index is 0.117. The van der Waals surface area contributed by atoms with Crippen LogP contribution in [0.4, 0.5) is 8.78 Å². The van der Waals surface area contributed by atoms with Gasteiger partial charge in [-0.25, -0.2) is 8.78 Å². The quantitative estimate of drug-likeness (QED) is 0.706. The predicted octanol–water partition coefficient (Wildman–Crippen LogP) is 5.07. The number of halogens is 4. The van der Waals surface area contributed by atoms with Crippen LogP contribution >= 0.6 is 31.9 Å². The highest BCUT2D eigenvalue weighted by Gasteiger charge is 2.19. The van der Waals surface area contributed by atoms with Crippen molar-refractivity contribution in [2.45, 2.75) is 19.4 Å². The normalized spacial score (nSPS) is 12.5. The second-order valence-corrected chi connectivity index (χ2v) is 6.20. The molecule has 0 saturated carbocycles. The number of hydrogen-bond acceptors (Lipinski definition) is 1. The molecule has 0 heterocycles. The summed E-state index contributed by atoms with van der Waals surface area (Å²) in [5, 5.41) is 10.2. The maximum atomic E-state index is 13.9. The van der Waals surface area contributed by atoms with Gasteiger partial charge in [-0.05, 0) is 52.2 Å². The number of benzene rings is 2. The number of aliphatic hydroxyl groups is 1. The van der Waals surface area contributed by atoms with Gasteiger partial charge in [0.05, 0.1) is 10.6 Å². The third-order valence-corrected chi connectivity index (χ3v) is 4.68. The molecule has 20 heavy (non-hydrogen) atoms. The first kappa shape index (κ1) is 15.6. The van der Waals surface area contributed by atoms with Crippen LogP contribution in [-0.2, 0) is 6.42 Å². The zero-order valence-electron chi connectivity index (χ0n) is 10.6. The Morgan fingerprint density at radius 2 is 1.80 bits per heavy atom. The number of rotatable bonds is 3. The topological polar surface area (TPSA) is 20.2 Å². The standard InChI is InChI=1S/C15H12Br2F2O/c1-8-9(3-2-4-11(8)16)14(20)7-10-13(18)6-5-12(17)15(10)19/h2-6,14,20H,7H2,1H3. The molecule has 0 aliphatic heterocycles. The second kappa shape index (κ2) is 6.33. The highest BCUT2D eigenvalue weighted by molar-refractivity contribution is 9.10. The SMILES string of the molecule is Cc1c(Br)cccc1C(O)Cc1c(F)ccc(Br)c1F. The first-order chi connectivity index (χ1) is 9.41. The van der Waals surface area contributed by atoms with Crippen molar-refractivity contribution in [3.63, 3.8) is 0 Å². The van der Waals surface area contributed by atoms with Crippen molar-refractivity contribution >= 4 is 31.9 Å². The molecule has 1 atom stereocenters. The molecule has 2 aromatic rings. The van der Waals surface area contributed by atoms with Crippen LogP contribution in [0.2, 0.25) is 0 Å². The van der Waals surface area contributed by atoms with Gasteiger partial charge in [-0.3, -0.25) is 0 Å². The lowest BCUT2D eigenvalue weighted by atomic mass is 9.97. The molecule has 2 rings (SSSR count). The van der Waals surface area contributed by atoms with Crippen LogP contribution in [0.25, 0.3) is 0 Å². The van der Waals surface area contributed by atoms with Gasteiger partial charge in [0.15, 0.2) is 0 Å². The Labute approximate surface area is 132 Å². The second-order valence-electron chi connectivity index (χ2n) is 4.50. The van der Waals surface area contributed by atoms with Gasteiger partial charge in [0.2, 0.25) is 0 Å². The summed E-state index contributed by atoms with van der Waals surface area (Å²) in [5.41, 5.74) is 1.39. The van der Waals surface area contributed by atoms with Crippen molar-refractivity contribution in [1.82, 2.24) is 0 Å². The van der Waals surface area contributed by atoms with Gasteiger partial charge >= 0.3 is 0 Å². The average Bonchev–Trinajstić information content (AvgIpc) is 2.42. The summed E-state index contributed by atoms with van der Waals surface area (Å²) in [7, 11) is 0. The average molecular weight is 406 g/mol. The zero-order chi connectivity index (χ0) is 14.9. The molecule has 2 aromatic carbocycles. The van der Waals surface area contributed by atoms with E-state index in [2.05, 4.69) is 31.9 Å². The first-order valence-electron chi connectivity index (χ1n) is 5.97. The van der Waals surface area contributed by atoms with Crippen molar-refractivity contribution in [3.8, 4) is 0 Å². The molecule has 0 saturated heterocycles. The molecule has 0 spiro atoms. The van der Waals surface area contributed by atoms with E-state index in [0.29, 0.717) is 5.56 Å². The lowest BCUT2D eigenvalue weighted by Gasteiger charge is -2.16. The van der Waals surface area contributed by atoms with E-state index in [0.717, 1.165) is 10.0 Å². The van der Waals surface area contributed by atoms with E-state index in [9.17, 15) is 13.9 Å². The molecule has 0 aliphatic rings. The first-order valence-corrected chi connectivity index (χ1v) is 7.56. The molecule has 0 aliphatic carbocycles. The van der Waals surface area contributed by atoms with Gasteiger partial charge in [-0.15, -0.1) is 0 Å². The molecule has 0 aromatic heterocycles. The fraction of sp³-hybridized carbons (Fsp3) is 0.200. The van der Waals surface area contributed by atoms with E-state index < -0.39 is 17.7 Å². The molecular weight excluding hydrogens is 394 g/mol. The van der Waals surface area contributed by atoms with Gasteiger partial charge in [-0.2, -0.15) is 0 Å². The number of hydrogen-bond donors (Lipinski definition) is 1. The van der Waals surface area contributed by atoms with Crippen LogP contribution in [0.3, 0.4) is 0 Å². The fourth-order valence-electron chi connectivity index (χ4n) is 2.04. The van der Waals surface area contributed by atoms with E-state index in [1.807, 2.05) is 13.0 Å². The van der Waals surface area contributed by atoms with Crippen molar-refractivity contribution in [1.29, 1.82) is 0 Å². The largest absolute Gasteiger partial charge is 0.388 e. The van der Waals surface area contributed by atoms with Crippen molar-refractivity contribution in [3.05, 3.63) is 67.6 Å². The third-order valence-electron chi connectivity index (χ3n) is 3.20. The smallest absolute Gasteiger partial charge is 0.143 e. The monoisotopic (exact) mass is 404 g/mol. The maximum absolute atomic E-state index is 13.9. The highest BCUT2D eigenvalue weighted by Crippen LogP contribution is 2.30. The van der Waals surface area contributed by atoms with Crippen LogP contribution < -0.4 is 0 Å². The highest BCUT2D eigenvalue weighted by atomic mass is 79.9. The zero-order valence-corrected chi connectivity index (χ0v) is 13.8. The van der Waals surface area contributed by atoms with Crippen LogP contribution in [0.15, 0.2) is 39.3 Å². The van der Waals surface area contributed by atoms with Gasteiger partial charge in [0, 0.05) is 16.5 Å². The lowest BCUT2D eigenvalue weighted by Crippen LogP contribution is -2.08. The molecular formula is C15H12Br2F2O. The van der Waals surface area contributed by atoms with Gasteiger partial charge < -0.3 is 5.11 Å². The van der Waals surface area contributed by atoms with E-state index in [4.69, 9.17) is 0 Å². The molecule has 5 heteroatoms. The maximum Gasteiger partial charge on any atom is 0.143 e. The summed E-state index contributed by atoms with van der Waals surface area (Å²) in [6.07, 6.45) is -1.08. The van der Waals surface area contributed by atoms with E-state index >= 15 is 0 Å². The molecule has 1 nitrogen and oxygen atoms in total. The van der Waals surface area contributed by atoms with Gasteiger partial charge in [0.25, 0.3) is 0 Å². The molecule has 1 unspecified atom stereocenters. The Morgan fingerprint density at radius 3 is 2.50 bits per heavy atom. The summed E-state index contributed by atoms with van der Waals surface area (Å²) >= 11 is 6.40. The Hall–Kier alpha value is -0.780. The van der Waals surface area contributed by atoms with E-state index in [-0.39, 0.29) is 16.5 Å². The van der Waals surface area contributed by atoms with Crippen molar-refractivity contribution < 1.29 is 13.9 Å². The molecule has 1 N–H and O–H groups in total. The van der Waals surface area contributed by atoms with E-state index in [1.165, 1.54) is 12.1 Å². The summed E-state index contributed by atoms with van der Waals surface area (Å²) in [4.78, 5) is 0. The van der Waals surface area contributed by atoms with Crippen molar-refractivity contribution in [2.24, 2.45) is 0 Å². The molecule has 106 valence electrons. The van der Waals surface area contributed by atoms with Crippen LogP contribution in [0.5, 0.6) is 0 Å². The van der Waals surface area contributed by atoms with Crippen LogP contribution in [0.1, 0.15) is 22.8 Å². The predicted molar refractivity (Wildman–Crippen MR) is 81.6 cm³/mol. The third kappa shape index (κ3) is 3.10. The summed E-state index contributed by atoms with van der Waals surface area (Å²) in [5.74, 6) is -1.32. The van der Waals surface area contributed by atoms with Crippen LogP contribution in [0, 0.1) is 18.6 Å². The van der Waals surface area contributed by atoms with E-state index in [1.54, 1.807) is 12.1 Å². The molecule has 0 fully saturated rings. The fourth-order valence-corrected chi connectivity index (χ4v) is 2.80.